The van der Waals surface area contributed by atoms with Crippen LogP contribution in [0, 0.1) is 5.92 Å². The normalized spacial score (nSPS) is 21.0. The number of amides is 1. The fraction of sp³-hybridized carbons (Fsp3) is 0.652. The molecule has 0 bridgehead atoms. The van der Waals surface area contributed by atoms with Gasteiger partial charge in [0.05, 0.1) is 0 Å². The fourth-order valence-corrected chi connectivity index (χ4v) is 4.42. The molecular formula is C23H37N5O. The van der Waals surface area contributed by atoms with Crippen LogP contribution in [-0.2, 0) is 11.3 Å². The highest BCUT2D eigenvalue weighted by Gasteiger charge is 2.30. The monoisotopic (exact) mass is 399 g/mol. The Morgan fingerprint density at radius 3 is 2.76 bits per heavy atom. The summed E-state index contributed by atoms with van der Waals surface area (Å²) in [5.41, 5.74) is 1.97. The van der Waals surface area contributed by atoms with E-state index in [9.17, 15) is 4.79 Å². The Bertz CT molecular complexity index is 696. The van der Waals surface area contributed by atoms with Crippen LogP contribution in [0.25, 0.3) is 0 Å². The number of carbonyl (C=O) groups is 1. The number of anilines is 1. The van der Waals surface area contributed by atoms with Crippen LogP contribution in [-0.4, -0.2) is 49.0 Å². The van der Waals surface area contributed by atoms with Crippen LogP contribution in [0.1, 0.15) is 57.9 Å². The molecule has 1 unspecified atom stereocenters. The zero-order valence-electron chi connectivity index (χ0n) is 18.2. The summed E-state index contributed by atoms with van der Waals surface area (Å²) in [4.78, 5) is 19.1. The Labute approximate surface area is 175 Å². The van der Waals surface area contributed by atoms with Crippen molar-refractivity contribution in [2.75, 3.05) is 25.5 Å². The molecule has 1 saturated carbocycles. The van der Waals surface area contributed by atoms with Crippen molar-refractivity contribution in [3.8, 4) is 0 Å². The predicted molar refractivity (Wildman–Crippen MR) is 120 cm³/mol. The quantitative estimate of drug-likeness (QED) is 0.486. The Morgan fingerprint density at radius 1 is 1.24 bits per heavy atom. The van der Waals surface area contributed by atoms with Gasteiger partial charge >= 0.3 is 0 Å². The van der Waals surface area contributed by atoms with Gasteiger partial charge in [0, 0.05) is 50.9 Å². The van der Waals surface area contributed by atoms with Gasteiger partial charge in [-0.05, 0) is 42.9 Å². The van der Waals surface area contributed by atoms with Crippen LogP contribution < -0.4 is 16.0 Å². The lowest BCUT2D eigenvalue weighted by molar-refractivity contribution is -0.116. The maximum atomic E-state index is 12.0. The lowest BCUT2D eigenvalue weighted by Gasteiger charge is -2.24. The SMILES string of the molecule is CN=C(NCc1cccc(NC(=O)CC(C)C)c1)NC1CCN(C2CCCC2)C1. The highest BCUT2D eigenvalue weighted by molar-refractivity contribution is 5.90. The van der Waals surface area contributed by atoms with E-state index in [0.29, 0.717) is 24.9 Å². The van der Waals surface area contributed by atoms with E-state index in [1.54, 1.807) is 0 Å². The zero-order valence-corrected chi connectivity index (χ0v) is 18.2. The molecule has 0 radical (unpaired) electrons. The highest BCUT2D eigenvalue weighted by Crippen LogP contribution is 2.26. The smallest absolute Gasteiger partial charge is 0.224 e. The number of guanidine groups is 1. The minimum absolute atomic E-state index is 0.0654. The van der Waals surface area contributed by atoms with Crippen molar-refractivity contribution in [2.24, 2.45) is 10.9 Å². The molecule has 1 aromatic rings. The van der Waals surface area contributed by atoms with E-state index in [2.05, 4.69) is 45.8 Å². The van der Waals surface area contributed by atoms with Crippen LogP contribution in [0.3, 0.4) is 0 Å². The molecular weight excluding hydrogens is 362 g/mol. The number of aliphatic imine (C=N–C) groups is 1. The van der Waals surface area contributed by atoms with E-state index >= 15 is 0 Å². The summed E-state index contributed by atoms with van der Waals surface area (Å²) in [6.45, 7) is 7.08. The average Bonchev–Trinajstić information content (AvgIpc) is 3.36. The lowest BCUT2D eigenvalue weighted by Crippen LogP contribution is -2.45. The number of benzene rings is 1. The van der Waals surface area contributed by atoms with Crippen molar-refractivity contribution in [1.29, 1.82) is 0 Å². The van der Waals surface area contributed by atoms with Gasteiger partial charge in [0.15, 0.2) is 5.96 Å². The van der Waals surface area contributed by atoms with Gasteiger partial charge in [0.2, 0.25) is 5.91 Å². The number of hydrogen-bond donors (Lipinski definition) is 3. The van der Waals surface area contributed by atoms with Crippen LogP contribution in [0.5, 0.6) is 0 Å². The van der Waals surface area contributed by atoms with E-state index in [-0.39, 0.29) is 5.91 Å². The summed E-state index contributed by atoms with van der Waals surface area (Å²) in [7, 11) is 1.82. The van der Waals surface area contributed by atoms with Crippen molar-refractivity contribution in [2.45, 2.75) is 71.0 Å². The molecule has 6 heteroatoms. The summed E-state index contributed by atoms with van der Waals surface area (Å²) < 4.78 is 0. The number of likely N-dealkylation sites (tertiary alicyclic amines) is 1. The summed E-state index contributed by atoms with van der Waals surface area (Å²) in [6, 6.07) is 9.26. The van der Waals surface area contributed by atoms with Gasteiger partial charge < -0.3 is 16.0 Å². The molecule has 160 valence electrons. The Morgan fingerprint density at radius 2 is 2.03 bits per heavy atom. The Kier molecular flexibility index (Phi) is 7.92. The third-order valence-electron chi connectivity index (χ3n) is 5.89. The lowest BCUT2D eigenvalue weighted by atomic mass is 10.1. The maximum absolute atomic E-state index is 12.0. The molecule has 3 N–H and O–H groups in total. The van der Waals surface area contributed by atoms with Gasteiger partial charge in [0.25, 0.3) is 0 Å². The number of nitrogens with one attached hydrogen (secondary N) is 3. The number of carbonyl (C=O) groups excluding carboxylic acids is 1. The minimum Gasteiger partial charge on any atom is -0.352 e. The third-order valence-corrected chi connectivity index (χ3v) is 5.89. The maximum Gasteiger partial charge on any atom is 0.224 e. The number of nitrogens with zero attached hydrogens (tertiary/aromatic N) is 2. The van der Waals surface area contributed by atoms with Crippen LogP contribution >= 0.6 is 0 Å². The molecule has 1 atom stereocenters. The van der Waals surface area contributed by atoms with Gasteiger partial charge in [-0.25, -0.2) is 0 Å². The van der Waals surface area contributed by atoms with Crippen LogP contribution in [0.2, 0.25) is 0 Å². The first-order valence-corrected chi connectivity index (χ1v) is 11.1. The van der Waals surface area contributed by atoms with E-state index in [1.165, 1.54) is 38.6 Å². The standard InChI is InChI=1S/C23H37N5O/c1-17(2)13-22(29)26-19-8-6-7-18(14-19)15-25-23(24-3)27-20-11-12-28(16-20)21-9-4-5-10-21/h6-8,14,17,20-21H,4-5,9-13,15-16H2,1-3H3,(H,26,29)(H2,24,25,27). The fourth-order valence-electron chi connectivity index (χ4n) is 4.42. The first kappa shape index (κ1) is 21.6. The molecule has 0 aromatic heterocycles. The molecule has 29 heavy (non-hydrogen) atoms. The average molecular weight is 400 g/mol. The van der Waals surface area contributed by atoms with E-state index < -0.39 is 0 Å². The molecule has 2 fully saturated rings. The summed E-state index contributed by atoms with van der Waals surface area (Å²) in [5, 5.41) is 9.99. The molecule has 1 heterocycles. The summed E-state index contributed by atoms with van der Waals surface area (Å²) in [5.74, 6) is 1.27. The predicted octanol–water partition coefficient (Wildman–Crippen LogP) is 3.35. The molecule has 1 aliphatic heterocycles. The first-order valence-electron chi connectivity index (χ1n) is 11.1. The molecule has 1 aliphatic carbocycles. The molecule has 1 aromatic carbocycles. The summed E-state index contributed by atoms with van der Waals surface area (Å²) >= 11 is 0. The van der Waals surface area contributed by atoms with E-state index in [4.69, 9.17) is 0 Å². The number of rotatable bonds is 7. The second-order valence-corrected chi connectivity index (χ2v) is 8.84. The second-order valence-electron chi connectivity index (χ2n) is 8.84. The molecule has 3 rings (SSSR count). The van der Waals surface area contributed by atoms with Gasteiger partial charge in [-0.15, -0.1) is 0 Å². The van der Waals surface area contributed by atoms with Gasteiger partial charge in [0.1, 0.15) is 0 Å². The van der Waals surface area contributed by atoms with Gasteiger partial charge in [-0.2, -0.15) is 0 Å². The molecule has 1 saturated heterocycles. The van der Waals surface area contributed by atoms with Crippen molar-refractivity contribution in [3.63, 3.8) is 0 Å². The van der Waals surface area contributed by atoms with Crippen LogP contribution in [0.4, 0.5) is 5.69 Å². The first-order chi connectivity index (χ1) is 14.0. The second kappa shape index (κ2) is 10.6. The molecule has 1 amide bonds. The van der Waals surface area contributed by atoms with Gasteiger partial charge in [-0.3, -0.25) is 14.7 Å². The van der Waals surface area contributed by atoms with Crippen molar-refractivity contribution >= 4 is 17.6 Å². The molecule has 2 aliphatic rings. The molecule has 0 spiro atoms. The van der Waals surface area contributed by atoms with Crippen molar-refractivity contribution in [3.05, 3.63) is 29.8 Å². The van der Waals surface area contributed by atoms with Crippen LogP contribution in [0.15, 0.2) is 29.3 Å². The largest absolute Gasteiger partial charge is 0.352 e. The minimum atomic E-state index is 0.0654. The zero-order chi connectivity index (χ0) is 20.6. The van der Waals surface area contributed by atoms with E-state index in [1.807, 2.05) is 25.2 Å². The Hall–Kier alpha value is -2.08. The van der Waals surface area contributed by atoms with Crippen molar-refractivity contribution in [1.82, 2.24) is 15.5 Å². The van der Waals surface area contributed by atoms with Gasteiger partial charge in [-0.1, -0.05) is 38.8 Å². The molecule has 6 nitrogen and oxygen atoms in total. The summed E-state index contributed by atoms with van der Waals surface area (Å²) in [6.07, 6.45) is 7.22. The van der Waals surface area contributed by atoms with E-state index in [0.717, 1.165) is 29.8 Å². The van der Waals surface area contributed by atoms with Crippen molar-refractivity contribution < 1.29 is 4.79 Å². The third kappa shape index (κ3) is 6.74. The number of hydrogen-bond acceptors (Lipinski definition) is 3. The Balaban J connectivity index is 1.46. The highest BCUT2D eigenvalue weighted by atomic mass is 16.1. The topological polar surface area (TPSA) is 68.8 Å².